The molecule has 0 bridgehead atoms. The van der Waals surface area contributed by atoms with Crippen molar-refractivity contribution in [3.8, 4) is 0 Å². The third-order valence-electron chi connectivity index (χ3n) is 6.28. The van der Waals surface area contributed by atoms with E-state index in [-0.39, 0.29) is 27.5 Å². The van der Waals surface area contributed by atoms with E-state index in [0.717, 1.165) is 51.9 Å². The van der Waals surface area contributed by atoms with Crippen molar-refractivity contribution >= 4 is 33.5 Å². The van der Waals surface area contributed by atoms with Crippen LogP contribution >= 0.6 is 11.3 Å². The second-order valence-electron chi connectivity index (χ2n) is 8.72. The molecule has 0 spiro atoms. The number of anilines is 1. The van der Waals surface area contributed by atoms with Crippen LogP contribution in [0.4, 0.5) is 5.69 Å². The highest BCUT2D eigenvalue weighted by Crippen LogP contribution is 2.35. The van der Waals surface area contributed by atoms with Crippen molar-refractivity contribution in [2.24, 2.45) is 0 Å². The van der Waals surface area contributed by atoms with Crippen LogP contribution in [0.5, 0.6) is 0 Å². The van der Waals surface area contributed by atoms with Crippen LogP contribution in [0.3, 0.4) is 0 Å². The maximum absolute atomic E-state index is 13.5. The fourth-order valence-corrected chi connectivity index (χ4v) is 5.48. The van der Waals surface area contributed by atoms with Crippen LogP contribution in [0.25, 0.3) is 10.5 Å². The van der Waals surface area contributed by atoms with Gasteiger partial charge >= 0.3 is 0 Å². The number of carbonyl (C=O) groups excluding carboxylic acids is 1. The van der Waals surface area contributed by atoms with E-state index in [1.54, 1.807) is 4.90 Å². The first-order chi connectivity index (χ1) is 17.1. The molecule has 178 valence electrons. The minimum atomic E-state index is -0.460. The monoisotopic (exact) mass is 486 g/mol. The summed E-state index contributed by atoms with van der Waals surface area (Å²) in [7, 11) is 0. The van der Waals surface area contributed by atoms with Gasteiger partial charge in [-0.2, -0.15) is 14.6 Å². The number of carbonyl (C=O) groups is 1. The highest BCUT2D eigenvalue weighted by molar-refractivity contribution is 7.15. The molecule has 0 radical (unpaired) electrons. The molecule has 7 nitrogen and oxygen atoms in total. The van der Waals surface area contributed by atoms with E-state index < -0.39 is 11.1 Å². The lowest BCUT2D eigenvalue weighted by molar-refractivity contribution is -0.113. The van der Waals surface area contributed by atoms with Gasteiger partial charge in [0, 0.05) is 18.5 Å². The summed E-state index contributed by atoms with van der Waals surface area (Å²) >= 11 is 1.05. The zero-order valence-electron chi connectivity index (χ0n) is 19.6. The number of hydrogen-bond acceptors (Lipinski definition) is 6. The molecule has 2 aromatic carbocycles. The van der Waals surface area contributed by atoms with Gasteiger partial charge in [-0.25, -0.2) is 0 Å². The molecule has 4 aromatic rings. The fraction of sp³-hybridized carbons (Fsp3) is 0.296. The first kappa shape index (κ1) is 23.1. The normalized spacial score (nSPS) is 14.7. The minimum absolute atomic E-state index is 0.183. The highest BCUT2D eigenvalue weighted by atomic mass is 32.1. The summed E-state index contributed by atoms with van der Waals surface area (Å²) in [6.45, 7) is 2.78. The van der Waals surface area contributed by atoms with Crippen LogP contribution in [0.15, 0.2) is 64.2 Å². The zero-order chi connectivity index (χ0) is 24.4. The molecule has 0 atom stereocenters. The third-order valence-corrected chi connectivity index (χ3v) is 7.31. The third kappa shape index (κ3) is 4.41. The molecule has 35 heavy (non-hydrogen) atoms. The lowest BCUT2D eigenvalue weighted by atomic mass is 10.1. The molecular formula is C27H26N4O3S. The van der Waals surface area contributed by atoms with Gasteiger partial charge in [-0.05, 0) is 18.1 Å². The lowest BCUT2D eigenvalue weighted by Crippen LogP contribution is -2.33. The number of aromatic nitrogens is 3. The first-order valence-electron chi connectivity index (χ1n) is 12.0. The Morgan fingerprint density at radius 1 is 0.886 bits per heavy atom. The Hall–Kier alpha value is -3.65. The Morgan fingerprint density at radius 2 is 1.63 bits per heavy atom. The van der Waals surface area contributed by atoms with Gasteiger partial charge in [0.25, 0.3) is 17.0 Å². The zero-order valence-corrected chi connectivity index (χ0v) is 20.4. The molecule has 0 saturated carbocycles. The summed E-state index contributed by atoms with van der Waals surface area (Å²) in [5.41, 5.74) is 2.15. The Bertz CT molecular complexity index is 1560. The Balaban J connectivity index is 1.57. The van der Waals surface area contributed by atoms with Crippen LogP contribution in [0, 0.1) is 0 Å². The van der Waals surface area contributed by atoms with E-state index in [0.29, 0.717) is 12.1 Å². The Kier molecular flexibility index (Phi) is 6.55. The summed E-state index contributed by atoms with van der Waals surface area (Å²) < 4.78 is 1.43. The van der Waals surface area contributed by atoms with Crippen molar-refractivity contribution < 1.29 is 4.79 Å². The van der Waals surface area contributed by atoms with Crippen LogP contribution in [0.1, 0.15) is 55.8 Å². The predicted octanol–water partition coefficient (Wildman–Crippen LogP) is 3.34. The minimum Gasteiger partial charge on any atom is -0.308 e. The summed E-state index contributed by atoms with van der Waals surface area (Å²) in [5.74, 6) is -0.183. The molecule has 3 heterocycles. The largest absolute Gasteiger partial charge is 0.308 e. The van der Waals surface area contributed by atoms with E-state index in [2.05, 4.69) is 17.0 Å². The molecule has 2 aromatic heterocycles. The molecule has 1 amide bonds. The van der Waals surface area contributed by atoms with Crippen LogP contribution in [-0.4, -0.2) is 27.0 Å². The van der Waals surface area contributed by atoms with Gasteiger partial charge in [0.1, 0.15) is 10.2 Å². The average Bonchev–Trinajstić information content (AvgIpc) is 3.32. The molecule has 0 unspecified atom stereocenters. The predicted molar refractivity (Wildman–Crippen MR) is 138 cm³/mol. The molecule has 0 N–H and O–H groups in total. The first-order valence-corrected chi connectivity index (χ1v) is 12.8. The van der Waals surface area contributed by atoms with Gasteiger partial charge in [0.05, 0.1) is 11.3 Å². The number of benzene rings is 2. The number of nitrogens with zero attached hydrogens (tertiary/aromatic N) is 4. The number of para-hydroxylation sites is 1. The number of rotatable bonds is 8. The quantitative estimate of drug-likeness (QED) is 0.357. The van der Waals surface area contributed by atoms with Crippen LogP contribution in [-0.2, 0) is 11.2 Å². The number of unbranched alkanes of at least 4 members (excludes halogenated alkanes) is 4. The van der Waals surface area contributed by atoms with Crippen LogP contribution < -0.4 is 20.6 Å². The molecule has 5 rings (SSSR count). The van der Waals surface area contributed by atoms with Gasteiger partial charge in [-0.1, -0.05) is 92.5 Å². The van der Waals surface area contributed by atoms with Crippen molar-refractivity contribution in [1.29, 1.82) is 0 Å². The van der Waals surface area contributed by atoms with Crippen LogP contribution in [0.2, 0.25) is 0 Å². The van der Waals surface area contributed by atoms with Crippen molar-refractivity contribution in [3.05, 3.63) is 96.7 Å². The summed E-state index contributed by atoms with van der Waals surface area (Å²) in [6, 6.07) is 17.0. The highest BCUT2D eigenvalue weighted by Gasteiger charge is 2.33. The molecule has 1 aliphatic heterocycles. The smallest absolute Gasteiger partial charge is 0.296 e. The average molecular weight is 487 g/mol. The van der Waals surface area contributed by atoms with E-state index in [1.807, 2.05) is 54.6 Å². The van der Waals surface area contributed by atoms with Crippen molar-refractivity contribution in [2.45, 2.75) is 45.4 Å². The van der Waals surface area contributed by atoms with Gasteiger partial charge in [0.15, 0.2) is 0 Å². The van der Waals surface area contributed by atoms with E-state index in [4.69, 9.17) is 0 Å². The van der Waals surface area contributed by atoms with E-state index in [9.17, 15) is 14.4 Å². The molecular weight excluding hydrogens is 460 g/mol. The Morgan fingerprint density at radius 3 is 2.43 bits per heavy atom. The maximum Gasteiger partial charge on any atom is 0.296 e. The topological polar surface area (TPSA) is 84.6 Å². The summed E-state index contributed by atoms with van der Waals surface area (Å²) in [6.07, 6.45) is 5.75. The van der Waals surface area contributed by atoms with E-state index >= 15 is 0 Å². The van der Waals surface area contributed by atoms with E-state index in [1.165, 1.54) is 12.8 Å². The number of thiazole rings is 1. The lowest BCUT2D eigenvalue weighted by Gasteiger charge is -2.16. The summed E-state index contributed by atoms with van der Waals surface area (Å²) in [5, 5.41) is 4.34. The standard InChI is InChI=1S/C27H26N4O3S/c1-2-3-4-5-11-16-30-21-15-10-9-14-19(21)22(25(30)33)23-26(34)31-27(35-23)28-24(32)20(29-31)17-18-12-7-6-8-13-18/h6-10,12-15H,2-5,11,16-17H2,1H3/b23-22-. The molecule has 0 fully saturated rings. The van der Waals surface area contributed by atoms with Gasteiger partial charge in [-0.15, -0.1) is 0 Å². The van der Waals surface area contributed by atoms with Crippen molar-refractivity contribution in [3.63, 3.8) is 0 Å². The Labute approximate surface area is 206 Å². The molecule has 0 aliphatic carbocycles. The number of hydrogen-bond donors (Lipinski definition) is 0. The summed E-state index contributed by atoms with van der Waals surface area (Å²) in [4.78, 5) is 45.7. The maximum atomic E-state index is 13.5. The second-order valence-corrected chi connectivity index (χ2v) is 9.70. The van der Waals surface area contributed by atoms with Gasteiger partial charge in [0.2, 0.25) is 4.96 Å². The number of fused-ring (bicyclic) bond motifs is 2. The van der Waals surface area contributed by atoms with Gasteiger partial charge in [-0.3, -0.25) is 14.4 Å². The van der Waals surface area contributed by atoms with Gasteiger partial charge < -0.3 is 4.90 Å². The number of amides is 1. The SMILES string of the molecule is CCCCCCCN1C(=O)/C(=c2\sc3nc(=O)c(Cc4ccccc4)nn3c2=O)c2ccccc21. The molecule has 0 saturated heterocycles. The molecule has 8 heteroatoms. The fourth-order valence-electron chi connectivity index (χ4n) is 4.49. The van der Waals surface area contributed by atoms with Crippen molar-refractivity contribution in [2.75, 3.05) is 11.4 Å². The van der Waals surface area contributed by atoms with Crippen molar-refractivity contribution in [1.82, 2.24) is 14.6 Å². The second kappa shape index (κ2) is 9.92. The molecule has 1 aliphatic rings.